The van der Waals surface area contributed by atoms with E-state index in [-0.39, 0.29) is 0 Å². The Kier molecular flexibility index (Phi) is 2.57. The first-order valence-corrected chi connectivity index (χ1v) is 3.94. The average Bonchev–Trinajstić information content (AvgIpc) is 2.05. The maximum Gasteiger partial charge on any atom is 0.151 e. The molecule has 0 bridgehead atoms. The highest BCUT2D eigenvalue weighted by Gasteiger charge is 1.91. The van der Waals surface area contributed by atoms with Crippen molar-refractivity contribution in [3.05, 3.63) is 29.6 Å². The Morgan fingerprint density at radius 1 is 1.60 bits per heavy atom. The van der Waals surface area contributed by atoms with Gasteiger partial charge in [-0.15, -0.1) is 0 Å². The van der Waals surface area contributed by atoms with Gasteiger partial charge in [-0.1, -0.05) is 15.9 Å². The smallest absolute Gasteiger partial charge is 0.151 e. The van der Waals surface area contributed by atoms with Gasteiger partial charge in [-0.25, -0.2) is 0 Å². The minimum Gasteiger partial charge on any atom is -0.298 e. The highest BCUT2D eigenvalue weighted by molar-refractivity contribution is 9.08. The molecule has 1 heterocycles. The summed E-state index contributed by atoms with van der Waals surface area (Å²) in [6.07, 6.45) is 4.06. The number of carbonyl (C=O) groups is 1. The van der Waals surface area contributed by atoms with Crippen LogP contribution in [0.25, 0.3) is 0 Å². The molecule has 52 valence electrons. The number of rotatable bonds is 2. The molecule has 0 N–H and O–H groups in total. The normalized spacial score (nSPS) is 9.30. The quantitative estimate of drug-likeness (QED) is 0.538. The molecule has 1 aromatic rings. The molecule has 0 unspecified atom stereocenters. The zero-order chi connectivity index (χ0) is 7.40. The number of nitrogens with zero attached hydrogens (tertiary/aromatic N) is 1. The number of aldehydes is 1. The van der Waals surface area contributed by atoms with Gasteiger partial charge in [-0.2, -0.15) is 0 Å². The Hall–Kier alpha value is -0.700. The van der Waals surface area contributed by atoms with Crippen LogP contribution in [0.5, 0.6) is 0 Å². The molecule has 0 saturated heterocycles. The van der Waals surface area contributed by atoms with E-state index in [9.17, 15) is 4.79 Å². The number of hydrogen-bond donors (Lipinski definition) is 0. The summed E-state index contributed by atoms with van der Waals surface area (Å²) in [4.78, 5) is 14.1. The van der Waals surface area contributed by atoms with Gasteiger partial charge in [-0.3, -0.25) is 9.78 Å². The Balaban J connectivity index is 2.98. The van der Waals surface area contributed by atoms with Crippen molar-refractivity contribution in [2.45, 2.75) is 5.33 Å². The summed E-state index contributed by atoms with van der Waals surface area (Å²) in [5.74, 6) is 0. The van der Waals surface area contributed by atoms with Crippen LogP contribution >= 0.6 is 15.9 Å². The fraction of sp³-hybridized carbons (Fsp3) is 0.143. The highest BCUT2D eigenvalue weighted by atomic mass is 79.9. The summed E-state index contributed by atoms with van der Waals surface area (Å²) >= 11 is 3.26. The van der Waals surface area contributed by atoms with Crippen molar-refractivity contribution in [1.29, 1.82) is 0 Å². The third-order valence-corrected chi connectivity index (χ3v) is 1.75. The molecule has 0 spiro atoms. The second-order valence-corrected chi connectivity index (χ2v) is 2.44. The topological polar surface area (TPSA) is 30.0 Å². The molecule has 0 saturated carbocycles. The Labute approximate surface area is 67.4 Å². The predicted octanol–water partition coefficient (Wildman–Crippen LogP) is 1.79. The largest absolute Gasteiger partial charge is 0.298 e. The fourth-order valence-corrected chi connectivity index (χ4v) is 0.952. The van der Waals surface area contributed by atoms with Crippen molar-refractivity contribution in [1.82, 2.24) is 4.98 Å². The van der Waals surface area contributed by atoms with Gasteiger partial charge in [0.25, 0.3) is 0 Å². The number of hydrogen-bond acceptors (Lipinski definition) is 2. The summed E-state index contributed by atoms with van der Waals surface area (Å²) in [5.41, 5.74) is 1.64. The SMILES string of the molecule is O=Cc1cncc(CBr)c1. The van der Waals surface area contributed by atoms with E-state index in [1.165, 1.54) is 0 Å². The zero-order valence-corrected chi connectivity index (χ0v) is 6.84. The lowest BCUT2D eigenvalue weighted by Gasteiger charge is -1.92. The monoisotopic (exact) mass is 199 g/mol. The van der Waals surface area contributed by atoms with Crippen LogP contribution in [-0.2, 0) is 5.33 Å². The fourth-order valence-electron chi connectivity index (χ4n) is 0.645. The van der Waals surface area contributed by atoms with Crippen LogP contribution in [0.2, 0.25) is 0 Å². The Bertz CT molecular complexity index is 237. The van der Waals surface area contributed by atoms with Crippen LogP contribution in [0.3, 0.4) is 0 Å². The molecule has 0 radical (unpaired) electrons. The zero-order valence-electron chi connectivity index (χ0n) is 5.25. The highest BCUT2D eigenvalue weighted by Crippen LogP contribution is 2.04. The molecule has 0 atom stereocenters. The maximum absolute atomic E-state index is 10.2. The van der Waals surface area contributed by atoms with Gasteiger partial charge >= 0.3 is 0 Å². The van der Waals surface area contributed by atoms with E-state index in [2.05, 4.69) is 20.9 Å². The predicted molar refractivity (Wildman–Crippen MR) is 42.3 cm³/mol. The Morgan fingerprint density at radius 3 is 3.00 bits per heavy atom. The van der Waals surface area contributed by atoms with E-state index in [1.807, 2.05) is 0 Å². The van der Waals surface area contributed by atoms with Gasteiger partial charge in [-0.05, 0) is 11.6 Å². The molecule has 1 rings (SSSR count). The van der Waals surface area contributed by atoms with Crippen molar-refractivity contribution in [2.75, 3.05) is 0 Å². The lowest BCUT2D eigenvalue weighted by Crippen LogP contribution is -1.85. The summed E-state index contributed by atoms with van der Waals surface area (Å²) in [7, 11) is 0. The molecule has 0 amide bonds. The molecule has 3 heteroatoms. The van der Waals surface area contributed by atoms with Crippen LogP contribution in [0, 0.1) is 0 Å². The van der Waals surface area contributed by atoms with Crippen LogP contribution in [0.1, 0.15) is 15.9 Å². The molecule has 0 aliphatic heterocycles. The first-order valence-electron chi connectivity index (χ1n) is 2.82. The van der Waals surface area contributed by atoms with Crippen LogP contribution in [0.15, 0.2) is 18.5 Å². The molecule has 0 aliphatic carbocycles. The van der Waals surface area contributed by atoms with Crippen molar-refractivity contribution in [2.24, 2.45) is 0 Å². The van der Waals surface area contributed by atoms with Gasteiger partial charge in [0.1, 0.15) is 0 Å². The molecule has 10 heavy (non-hydrogen) atoms. The molecule has 0 aromatic carbocycles. The lowest BCUT2D eigenvalue weighted by molar-refractivity contribution is 0.112. The molecule has 0 aliphatic rings. The Morgan fingerprint density at radius 2 is 2.40 bits per heavy atom. The number of pyridine rings is 1. The van der Waals surface area contributed by atoms with Crippen molar-refractivity contribution >= 4 is 22.2 Å². The third kappa shape index (κ3) is 1.64. The van der Waals surface area contributed by atoms with E-state index >= 15 is 0 Å². The average molecular weight is 200 g/mol. The van der Waals surface area contributed by atoms with E-state index in [0.717, 1.165) is 17.2 Å². The summed E-state index contributed by atoms with van der Waals surface area (Å²) in [5, 5.41) is 0.738. The third-order valence-electron chi connectivity index (χ3n) is 1.11. The molecule has 2 nitrogen and oxygen atoms in total. The lowest BCUT2D eigenvalue weighted by atomic mass is 10.2. The van der Waals surface area contributed by atoms with Gasteiger partial charge < -0.3 is 0 Å². The minimum absolute atomic E-state index is 0.622. The van der Waals surface area contributed by atoms with Crippen molar-refractivity contribution in [3.8, 4) is 0 Å². The number of halogens is 1. The second-order valence-electron chi connectivity index (χ2n) is 1.88. The first kappa shape index (κ1) is 7.41. The van der Waals surface area contributed by atoms with Crippen molar-refractivity contribution in [3.63, 3.8) is 0 Å². The number of alkyl halides is 1. The second kappa shape index (κ2) is 3.46. The van der Waals surface area contributed by atoms with E-state index < -0.39 is 0 Å². The molecule has 0 fully saturated rings. The molecular weight excluding hydrogens is 194 g/mol. The summed E-state index contributed by atoms with van der Waals surface area (Å²) in [6, 6.07) is 1.80. The molecular formula is C7H6BrNO. The van der Waals surface area contributed by atoms with E-state index in [4.69, 9.17) is 0 Å². The summed E-state index contributed by atoms with van der Waals surface area (Å²) in [6.45, 7) is 0. The van der Waals surface area contributed by atoms with Gasteiger partial charge in [0.2, 0.25) is 0 Å². The summed E-state index contributed by atoms with van der Waals surface area (Å²) < 4.78 is 0. The van der Waals surface area contributed by atoms with E-state index in [1.54, 1.807) is 18.5 Å². The van der Waals surface area contributed by atoms with Crippen LogP contribution in [0.4, 0.5) is 0 Å². The van der Waals surface area contributed by atoms with Crippen molar-refractivity contribution < 1.29 is 4.79 Å². The minimum atomic E-state index is 0.622. The van der Waals surface area contributed by atoms with Gasteiger partial charge in [0.15, 0.2) is 6.29 Å². The maximum atomic E-state index is 10.2. The van der Waals surface area contributed by atoms with Crippen LogP contribution in [-0.4, -0.2) is 11.3 Å². The van der Waals surface area contributed by atoms with E-state index in [0.29, 0.717) is 5.56 Å². The number of aromatic nitrogens is 1. The number of carbonyl (C=O) groups excluding carboxylic acids is 1. The van der Waals surface area contributed by atoms with Crippen LogP contribution < -0.4 is 0 Å². The molecule has 1 aromatic heterocycles. The standard InChI is InChI=1S/C7H6BrNO/c8-2-6-1-7(5-10)4-9-3-6/h1,3-5H,2H2. The van der Waals surface area contributed by atoms with Gasteiger partial charge in [0.05, 0.1) is 0 Å². The first-order chi connectivity index (χ1) is 4.86. The van der Waals surface area contributed by atoms with Gasteiger partial charge in [0, 0.05) is 23.3 Å².